The first-order valence-electron chi connectivity index (χ1n) is 6.98. The van der Waals surface area contributed by atoms with Crippen LogP contribution in [0.25, 0.3) is 0 Å². The number of nitrogens with two attached hydrogens (primary N) is 1. The van der Waals surface area contributed by atoms with E-state index in [4.69, 9.17) is 10.5 Å². The predicted molar refractivity (Wildman–Crippen MR) is 75.8 cm³/mol. The molecule has 5 nitrogen and oxygen atoms in total. The molecule has 19 heavy (non-hydrogen) atoms. The number of rotatable bonds is 6. The molecule has 2 unspecified atom stereocenters. The van der Waals surface area contributed by atoms with Gasteiger partial charge in [-0.05, 0) is 19.3 Å². The first-order chi connectivity index (χ1) is 8.80. The molecule has 1 amide bonds. The van der Waals surface area contributed by atoms with Crippen LogP contribution in [0.2, 0.25) is 0 Å². The average molecular weight is 272 g/mol. The van der Waals surface area contributed by atoms with Crippen LogP contribution in [0.1, 0.15) is 47.5 Å². The van der Waals surface area contributed by atoms with Crippen LogP contribution in [0.3, 0.4) is 0 Å². The highest BCUT2D eigenvalue weighted by Crippen LogP contribution is 2.29. The van der Waals surface area contributed by atoms with Crippen LogP contribution in [0.5, 0.6) is 0 Å². The number of epoxide rings is 1. The highest BCUT2D eigenvalue weighted by molar-refractivity contribution is 5.96. The standard InChI is InChI=1S/C11H20N2O3.C3H8/c1-7(2)4-8(13-9(14)5-12)10(15)11(3)6-16-11;1-3-2/h7-8H,4-6,12H2,1-3H3,(H,13,14);3H2,1-2H3. The molecule has 0 aromatic rings. The molecule has 0 saturated carbocycles. The van der Waals surface area contributed by atoms with Crippen LogP contribution in [0, 0.1) is 5.92 Å². The first kappa shape index (κ1) is 18.1. The van der Waals surface area contributed by atoms with Crippen LogP contribution in [-0.4, -0.2) is 36.5 Å². The fraction of sp³-hybridized carbons (Fsp3) is 0.857. The van der Waals surface area contributed by atoms with Gasteiger partial charge in [0.2, 0.25) is 5.91 Å². The molecule has 1 rings (SSSR count). The molecule has 0 aromatic carbocycles. The summed E-state index contributed by atoms with van der Waals surface area (Å²) in [6, 6.07) is -0.483. The van der Waals surface area contributed by atoms with Crippen molar-refractivity contribution in [1.29, 1.82) is 0 Å². The number of ketones is 1. The minimum absolute atomic E-state index is 0.0528. The van der Waals surface area contributed by atoms with Gasteiger partial charge in [0, 0.05) is 0 Å². The maximum Gasteiger partial charge on any atom is 0.234 e. The van der Waals surface area contributed by atoms with E-state index in [9.17, 15) is 9.59 Å². The van der Waals surface area contributed by atoms with Crippen molar-refractivity contribution in [2.45, 2.75) is 59.1 Å². The van der Waals surface area contributed by atoms with Gasteiger partial charge >= 0.3 is 0 Å². The largest absolute Gasteiger partial charge is 0.361 e. The zero-order valence-electron chi connectivity index (χ0n) is 12.8. The number of ether oxygens (including phenoxy) is 1. The lowest BCUT2D eigenvalue weighted by Gasteiger charge is -2.20. The van der Waals surface area contributed by atoms with Crippen LogP contribution in [0.4, 0.5) is 0 Å². The fourth-order valence-electron chi connectivity index (χ4n) is 1.58. The van der Waals surface area contributed by atoms with Gasteiger partial charge in [-0.15, -0.1) is 0 Å². The average Bonchev–Trinajstić information content (AvgIpc) is 3.07. The van der Waals surface area contributed by atoms with Crippen molar-refractivity contribution in [2.24, 2.45) is 11.7 Å². The number of Topliss-reactive ketones (excluding diaryl/α,β-unsaturated/α-hetero) is 1. The Labute approximate surface area is 116 Å². The van der Waals surface area contributed by atoms with Crippen molar-refractivity contribution in [3.63, 3.8) is 0 Å². The molecule has 1 saturated heterocycles. The van der Waals surface area contributed by atoms with E-state index >= 15 is 0 Å². The van der Waals surface area contributed by atoms with Crippen molar-refractivity contribution < 1.29 is 14.3 Å². The number of hydrogen-bond acceptors (Lipinski definition) is 4. The Hall–Kier alpha value is -0.940. The Morgan fingerprint density at radius 1 is 1.37 bits per heavy atom. The van der Waals surface area contributed by atoms with Crippen LogP contribution < -0.4 is 11.1 Å². The fourth-order valence-corrected chi connectivity index (χ4v) is 1.58. The second-order valence-electron chi connectivity index (χ2n) is 5.54. The van der Waals surface area contributed by atoms with Crippen molar-refractivity contribution in [3.05, 3.63) is 0 Å². The van der Waals surface area contributed by atoms with Gasteiger partial charge in [0.25, 0.3) is 0 Å². The van der Waals surface area contributed by atoms with E-state index in [2.05, 4.69) is 19.2 Å². The SMILES string of the molecule is CC(C)CC(NC(=O)CN)C(=O)C1(C)CO1.CCC. The maximum atomic E-state index is 12.0. The highest BCUT2D eigenvalue weighted by atomic mass is 16.6. The van der Waals surface area contributed by atoms with Gasteiger partial charge in [0.15, 0.2) is 5.78 Å². The van der Waals surface area contributed by atoms with Gasteiger partial charge in [-0.3, -0.25) is 9.59 Å². The van der Waals surface area contributed by atoms with E-state index in [0.717, 1.165) is 0 Å². The summed E-state index contributed by atoms with van der Waals surface area (Å²) >= 11 is 0. The van der Waals surface area contributed by atoms with Crippen LogP contribution >= 0.6 is 0 Å². The molecule has 0 spiro atoms. The summed E-state index contributed by atoms with van der Waals surface area (Å²) in [4.78, 5) is 23.3. The Morgan fingerprint density at radius 2 is 1.84 bits per heavy atom. The molecule has 1 aliphatic heterocycles. The topological polar surface area (TPSA) is 84.7 Å². The molecule has 1 fully saturated rings. The summed E-state index contributed by atoms with van der Waals surface area (Å²) in [6.45, 7) is 10.4. The lowest BCUT2D eigenvalue weighted by molar-refractivity contribution is -0.130. The molecule has 0 radical (unpaired) electrons. The number of nitrogens with one attached hydrogen (secondary N) is 1. The smallest absolute Gasteiger partial charge is 0.234 e. The summed E-state index contributed by atoms with van der Waals surface area (Å²) in [6.07, 6.45) is 1.86. The number of hydrogen-bond donors (Lipinski definition) is 2. The molecule has 0 aliphatic carbocycles. The van der Waals surface area contributed by atoms with Crippen LogP contribution in [-0.2, 0) is 14.3 Å². The first-order valence-corrected chi connectivity index (χ1v) is 6.98. The van der Waals surface area contributed by atoms with E-state index in [0.29, 0.717) is 18.9 Å². The van der Waals surface area contributed by atoms with Crippen molar-refractivity contribution in [3.8, 4) is 0 Å². The van der Waals surface area contributed by atoms with Gasteiger partial charge in [-0.1, -0.05) is 34.1 Å². The molecular formula is C14H28N2O3. The zero-order chi connectivity index (χ0) is 15.1. The third-order valence-electron chi connectivity index (χ3n) is 2.64. The third-order valence-corrected chi connectivity index (χ3v) is 2.64. The van der Waals surface area contributed by atoms with E-state index < -0.39 is 11.6 Å². The summed E-state index contributed by atoms with van der Waals surface area (Å²) in [5.74, 6) is -0.0272. The quantitative estimate of drug-likeness (QED) is 0.713. The normalized spacial score (nSPS) is 22.3. The minimum atomic E-state index is -0.693. The monoisotopic (exact) mass is 272 g/mol. The lowest BCUT2D eigenvalue weighted by atomic mass is 9.93. The Bertz CT molecular complexity index is 299. The van der Waals surface area contributed by atoms with Gasteiger partial charge in [0.05, 0.1) is 19.2 Å². The van der Waals surface area contributed by atoms with Crippen molar-refractivity contribution in [1.82, 2.24) is 5.32 Å². The Kier molecular flexibility index (Phi) is 7.87. The molecule has 5 heteroatoms. The van der Waals surface area contributed by atoms with Crippen LogP contribution in [0.15, 0.2) is 0 Å². The second-order valence-corrected chi connectivity index (χ2v) is 5.54. The molecule has 2 atom stereocenters. The van der Waals surface area contributed by atoms with E-state index in [1.54, 1.807) is 6.92 Å². The maximum absolute atomic E-state index is 12.0. The lowest BCUT2D eigenvalue weighted by Crippen LogP contribution is -2.48. The van der Waals surface area contributed by atoms with E-state index in [1.807, 2.05) is 13.8 Å². The Balaban J connectivity index is 0.000000982. The van der Waals surface area contributed by atoms with Gasteiger partial charge in [-0.2, -0.15) is 0 Å². The molecule has 0 aromatic heterocycles. The molecule has 112 valence electrons. The van der Waals surface area contributed by atoms with Crippen molar-refractivity contribution in [2.75, 3.05) is 13.2 Å². The number of carbonyl (C=O) groups excluding carboxylic acids is 2. The van der Waals surface area contributed by atoms with Gasteiger partial charge in [0.1, 0.15) is 5.60 Å². The second kappa shape index (κ2) is 8.27. The van der Waals surface area contributed by atoms with Gasteiger partial charge in [-0.25, -0.2) is 0 Å². The van der Waals surface area contributed by atoms with E-state index in [1.165, 1.54) is 6.42 Å². The summed E-state index contributed by atoms with van der Waals surface area (Å²) in [5, 5.41) is 2.65. The molecule has 0 bridgehead atoms. The highest BCUT2D eigenvalue weighted by Gasteiger charge is 2.49. The molecular weight excluding hydrogens is 244 g/mol. The molecule has 1 aliphatic rings. The number of carbonyl (C=O) groups is 2. The minimum Gasteiger partial charge on any atom is -0.361 e. The Morgan fingerprint density at radius 3 is 2.16 bits per heavy atom. The predicted octanol–water partition coefficient (Wildman–Crippen LogP) is 1.25. The summed E-state index contributed by atoms with van der Waals surface area (Å²) < 4.78 is 5.10. The summed E-state index contributed by atoms with van der Waals surface area (Å²) in [7, 11) is 0. The van der Waals surface area contributed by atoms with Crippen molar-refractivity contribution >= 4 is 11.7 Å². The third kappa shape index (κ3) is 6.68. The van der Waals surface area contributed by atoms with E-state index in [-0.39, 0.29) is 18.2 Å². The zero-order valence-corrected chi connectivity index (χ0v) is 12.8. The summed E-state index contributed by atoms with van der Waals surface area (Å²) in [5.41, 5.74) is 4.53. The molecule has 3 N–H and O–H groups in total. The molecule has 1 heterocycles. The number of amides is 1. The van der Waals surface area contributed by atoms with Gasteiger partial charge < -0.3 is 15.8 Å².